The molecule has 6 heteroatoms. The monoisotopic (exact) mass is 299 g/mol. The van der Waals surface area contributed by atoms with E-state index in [4.69, 9.17) is 17.3 Å². The van der Waals surface area contributed by atoms with Crippen LogP contribution < -0.4 is 5.73 Å². The van der Waals surface area contributed by atoms with Gasteiger partial charge < -0.3 is 15.7 Å². The van der Waals surface area contributed by atoms with E-state index in [1.54, 1.807) is 12.1 Å². The van der Waals surface area contributed by atoms with Gasteiger partial charge in [-0.25, -0.2) is 0 Å². The van der Waals surface area contributed by atoms with Gasteiger partial charge >= 0.3 is 0 Å². The number of hydrogen-bond donors (Lipinski definition) is 2. The van der Waals surface area contributed by atoms with Gasteiger partial charge in [-0.1, -0.05) is 23.7 Å². The molecule has 1 aliphatic rings. The first kappa shape index (κ1) is 14.5. The van der Waals surface area contributed by atoms with Crippen molar-refractivity contribution < 1.29 is 5.11 Å². The molecule has 1 aromatic carbocycles. The maximum absolute atomic E-state index is 10.0. The molecule has 19 heavy (non-hydrogen) atoms. The second kappa shape index (κ2) is 7.03. The fourth-order valence-corrected chi connectivity index (χ4v) is 2.99. The maximum Gasteiger partial charge on any atom is 0.191 e. The van der Waals surface area contributed by atoms with Crippen molar-refractivity contribution in [3.8, 4) is 0 Å². The van der Waals surface area contributed by atoms with Crippen molar-refractivity contribution in [2.24, 2.45) is 10.7 Å². The van der Waals surface area contributed by atoms with Gasteiger partial charge in [0.05, 0.1) is 12.6 Å². The Bertz CT molecular complexity index is 449. The highest BCUT2D eigenvalue weighted by molar-refractivity contribution is 7.99. The van der Waals surface area contributed by atoms with Crippen LogP contribution in [0.4, 0.5) is 0 Å². The minimum Gasteiger partial charge on any atom is -0.386 e. The molecule has 0 aromatic heterocycles. The zero-order valence-electron chi connectivity index (χ0n) is 10.6. The highest BCUT2D eigenvalue weighted by Gasteiger charge is 2.13. The number of aliphatic hydroxyl groups excluding tert-OH is 1. The van der Waals surface area contributed by atoms with Gasteiger partial charge in [0.2, 0.25) is 0 Å². The molecule has 0 saturated carbocycles. The summed E-state index contributed by atoms with van der Waals surface area (Å²) in [6.07, 6.45) is -0.670. The summed E-state index contributed by atoms with van der Waals surface area (Å²) in [5, 5.41) is 10.7. The third kappa shape index (κ3) is 4.30. The lowest BCUT2D eigenvalue weighted by Crippen LogP contribution is -2.42. The van der Waals surface area contributed by atoms with Gasteiger partial charge in [-0.05, 0) is 17.7 Å². The second-order valence-electron chi connectivity index (χ2n) is 4.37. The fraction of sp³-hybridized carbons (Fsp3) is 0.462. The molecule has 1 aromatic rings. The summed E-state index contributed by atoms with van der Waals surface area (Å²) in [5.41, 5.74) is 6.70. The maximum atomic E-state index is 10.0. The summed E-state index contributed by atoms with van der Waals surface area (Å²) in [6.45, 7) is 2.11. The summed E-state index contributed by atoms with van der Waals surface area (Å²) in [5.74, 6) is 2.67. The van der Waals surface area contributed by atoms with Gasteiger partial charge in [-0.15, -0.1) is 0 Å². The summed E-state index contributed by atoms with van der Waals surface area (Å²) < 4.78 is 0. The first-order valence-corrected chi connectivity index (χ1v) is 7.76. The number of benzene rings is 1. The average molecular weight is 300 g/mol. The molecule has 2 rings (SSSR count). The van der Waals surface area contributed by atoms with Crippen molar-refractivity contribution in [3.63, 3.8) is 0 Å². The zero-order chi connectivity index (χ0) is 13.7. The Hall–Kier alpha value is -0.910. The Morgan fingerprint density at radius 2 is 2.21 bits per heavy atom. The number of hydrogen-bond acceptors (Lipinski definition) is 3. The second-order valence-corrected chi connectivity index (χ2v) is 6.03. The smallest absolute Gasteiger partial charge is 0.191 e. The van der Waals surface area contributed by atoms with Crippen LogP contribution in [0.5, 0.6) is 0 Å². The molecule has 104 valence electrons. The van der Waals surface area contributed by atoms with E-state index in [-0.39, 0.29) is 6.54 Å². The molecule has 0 spiro atoms. The molecule has 0 aliphatic carbocycles. The number of aliphatic imine (C=N–C) groups is 1. The normalized spacial score (nSPS) is 18.4. The Morgan fingerprint density at radius 3 is 2.89 bits per heavy atom. The predicted octanol–water partition coefficient (Wildman–Crippen LogP) is 1.74. The van der Waals surface area contributed by atoms with Gasteiger partial charge in [-0.3, -0.25) is 4.99 Å². The lowest BCUT2D eigenvalue weighted by atomic mass is 10.1. The van der Waals surface area contributed by atoms with E-state index in [1.165, 1.54) is 0 Å². The van der Waals surface area contributed by atoms with Gasteiger partial charge in [0, 0.05) is 29.6 Å². The number of nitrogens with two attached hydrogens (primary N) is 1. The van der Waals surface area contributed by atoms with Crippen molar-refractivity contribution >= 4 is 29.3 Å². The van der Waals surface area contributed by atoms with Crippen LogP contribution in [0, 0.1) is 0 Å². The van der Waals surface area contributed by atoms with E-state index in [0.29, 0.717) is 11.0 Å². The highest BCUT2D eigenvalue weighted by atomic mass is 35.5. The molecule has 1 heterocycles. The van der Waals surface area contributed by atoms with Crippen molar-refractivity contribution in [1.29, 1.82) is 0 Å². The molecule has 0 bridgehead atoms. The predicted molar refractivity (Wildman–Crippen MR) is 81.8 cm³/mol. The molecule has 0 radical (unpaired) electrons. The summed E-state index contributed by atoms with van der Waals surface area (Å²) in [6, 6.07) is 7.17. The van der Waals surface area contributed by atoms with E-state index >= 15 is 0 Å². The van der Waals surface area contributed by atoms with Crippen LogP contribution in [0.3, 0.4) is 0 Å². The van der Waals surface area contributed by atoms with Crippen molar-refractivity contribution in [2.75, 3.05) is 31.1 Å². The van der Waals surface area contributed by atoms with Crippen LogP contribution in [0.2, 0.25) is 5.02 Å². The van der Waals surface area contributed by atoms with Crippen molar-refractivity contribution in [1.82, 2.24) is 4.90 Å². The molecule has 1 aliphatic heterocycles. The number of halogens is 1. The Morgan fingerprint density at radius 1 is 1.47 bits per heavy atom. The number of nitrogens with zero attached hydrogens (tertiary/aromatic N) is 2. The van der Waals surface area contributed by atoms with Crippen LogP contribution in [0.25, 0.3) is 0 Å². The van der Waals surface area contributed by atoms with E-state index in [2.05, 4.69) is 9.89 Å². The molecule has 0 unspecified atom stereocenters. The third-order valence-electron chi connectivity index (χ3n) is 2.99. The quantitative estimate of drug-likeness (QED) is 0.659. The number of rotatable bonds is 3. The minimum atomic E-state index is -0.670. The molecule has 1 fully saturated rings. The van der Waals surface area contributed by atoms with Crippen LogP contribution >= 0.6 is 23.4 Å². The number of guanidine groups is 1. The van der Waals surface area contributed by atoms with E-state index in [9.17, 15) is 5.11 Å². The molecule has 1 saturated heterocycles. The SMILES string of the molecule is NC(=NC[C@@H](O)c1cccc(Cl)c1)N1CCSCC1. The van der Waals surface area contributed by atoms with Gasteiger partial charge in [0.1, 0.15) is 0 Å². The molecular formula is C13H18ClN3OS. The molecule has 4 nitrogen and oxygen atoms in total. The minimum absolute atomic E-state index is 0.260. The first-order valence-electron chi connectivity index (χ1n) is 6.23. The molecular weight excluding hydrogens is 282 g/mol. The lowest BCUT2D eigenvalue weighted by Gasteiger charge is -2.27. The average Bonchev–Trinajstić information content (AvgIpc) is 2.45. The standard InChI is InChI=1S/C13H18ClN3OS/c14-11-3-1-2-10(8-11)12(18)9-16-13(15)17-4-6-19-7-5-17/h1-3,8,12,18H,4-7,9H2,(H2,15,16)/t12-/m1/s1. The Labute approximate surface area is 122 Å². The van der Waals surface area contributed by atoms with E-state index < -0.39 is 6.10 Å². The largest absolute Gasteiger partial charge is 0.386 e. The third-order valence-corrected chi connectivity index (χ3v) is 4.17. The van der Waals surface area contributed by atoms with Crippen LogP contribution in [0.15, 0.2) is 29.3 Å². The van der Waals surface area contributed by atoms with Crippen molar-refractivity contribution in [3.05, 3.63) is 34.9 Å². The number of aliphatic hydroxyl groups is 1. The number of thioether (sulfide) groups is 1. The molecule has 3 N–H and O–H groups in total. The van der Waals surface area contributed by atoms with E-state index in [0.717, 1.165) is 30.2 Å². The van der Waals surface area contributed by atoms with Crippen LogP contribution in [-0.4, -0.2) is 47.1 Å². The Balaban J connectivity index is 1.93. The highest BCUT2D eigenvalue weighted by Crippen LogP contribution is 2.18. The first-order chi connectivity index (χ1) is 9.16. The van der Waals surface area contributed by atoms with Gasteiger partial charge in [-0.2, -0.15) is 11.8 Å². The van der Waals surface area contributed by atoms with E-state index in [1.807, 2.05) is 23.9 Å². The Kier molecular flexibility index (Phi) is 5.36. The van der Waals surface area contributed by atoms with Crippen LogP contribution in [0.1, 0.15) is 11.7 Å². The molecule has 0 amide bonds. The lowest BCUT2D eigenvalue weighted by molar-refractivity contribution is 0.186. The topological polar surface area (TPSA) is 61.9 Å². The summed E-state index contributed by atoms with van der Waals surface area (Å²) >= 11 is 7.81. The summed E-state index contributed by atoms with van der Waals surface area (Å²) in [4.78, 5) is 6.33. The van der Waals surface area contributed by atoms with Crippen LogP contribution in [-0.2, 0) is 0 Å². The fourth-order valence-electron chi connectivity index (χ4n) is 1.89. The van der Waals surface area contributed by atoms with Crippen molar-refractivity contribution in [2.45, 2.75) is 6.10 Å². The van der Waals surface area contributed by atoms with Gasteiger partial charge in [0.25, 0.3) is 0 Å². The van der Waals surface area contributed by atoms with Gasteiger partial charge in [0.15, 0.2) is 5.96 Å². The molecule has 1 atom stereocenters. The summed E-state index contributed by atoms with van der Waals surface area (Å²) in [7, 11) is 0. The zero-order valence-corrected chi connectivity index (χ0v) is 12.2.